The minimum Gasteiger partial charge on any atom is -0.506 e. The van der Waals surface area contributed by atoms with Gasteiger partial charge in [0, 0.05) is 18.4 Å². The maximum atomic E-state index is 13.2. The molecule has 1 aromatic rings. The number of aliphatic hydroxyl groups excluding tert-OH is 1. The first kappa shape index (κ1) is 23.7. The van der Waals surface area contributed by atoms with Crippen molar-refractivity contribution in [1.82, 2.24) is 4.98 Å². The molecular weight excluding hydrogens is 401 g/mol. The number of allylic oxidation sites excluding steroid dienone is 1. The Kier molecular flexibility index (Phi) is 6.28. The summed E-state index contributed by atoms with van der Waals surface area (Å²) in [5.41, 5.74) is -4.02. The van der Waals surface area contributed by atoms with Crippen LogP contribution < -0.4 is 0 Å². The van der Waals surface area contributed by atoms with Gasteiger partial charge in [0.15, 0.2) is 11.6 Å². The predicted octanol–water partition coefficient (Wildman–Crippen LogP) is 3.97. The number of carbonyl (C=O) groups excluding carboxylic acids is 2. The van der Waals surface area contributed by atoms with Crippen LogP contribution in [0.5, 0.6) is 0 Å². The molecule has 9 heteroatoms. The van der Waals surface area contributed by atoms with Crippen LogP contribution in [0, 0.1) is 17.8 Å². The van der Waals surface area contributed by atoms with Crippen LogP contribution in [0.15, 0.2) is 22.7 Å². The summed E-state index contributed by atoms with van der Waals surface area (Å²) in [7, 11) is 1.47. The van der Waals surface area contributed by atoms with E-state index in [9.17, 15) is 27.9 Å². The Hall–Kier alpha value is -2.55. The zero-order valence-electron chi connectivity index (χ0n) is 17.8. The molecule has 1 fully saturated rings. The summed E-state index contributed by atoms with van der Waals surface area (Å²) in [5, 5.41) is 11.0. The van der Waals surface area contributed by atoms with E-state index in [2.05, 4.69) is 9.98 Å². The van der Waals surface area contributed by atoms with Gasteiger partial charge in [-0.2, -0.15) is 13.2 Å². The van der Waals surface area contributed by atoms with Gasteiger partial charge in [-0.1, -0.05) is 0 Å². The van der Waals surface area contributed by atoms with Crippen LogP contribution in [-0.2, 0) is 20.5 Å². The van der Waals surface area contributed by atoms with E-state index in [0.717, 1.165) is 12.1 Å². The lowest BCUT2D eigenvalue weighted by Gasteiger charge is -2.40. The molecule has 0 atom stereocenters. The first-order chi connectivity index (χ1) is 13.7. The molecule has 0 aliphatic heterocycles. The molecule has 0 spiro atoms. The lowest BCUT2D eigenvalue weighted by molar-refractivity contribution is -0.142. The highest BCUT2D eigenvalue weighted by Crippen LogP contribution is 2.43. The summed E-state index contributed by atoms with van der Waals surface area (Å²) in [6.45, 7) is 7.77. The number of aliphatic imine (C=N–C) groups is 1. The van der Waals surface area contributed by atoms with Crippen molar-refractivity contribution in [3.63, 3.8) is 0 Å². The smallest absolute Gasteiger partial charge is 0.433 e. The van der Waals surface area contributed by atoms with Gasteiger partial charge in [-0.25, -0.2) is 4.98 Å². The molecule has 0 bridgehead atoms. The van der Waals surface area contributed by atoms with E-state index >= 15 is 0 Å². The van der Waals surface area contributed by atoms with E-state index in [1.165, 1.54) is 27.9 Å². The van der Waals surface area contributed by atoms with Crippen molar-refractivity contribution in [2.45, 2.75) is 40.8 Å². The first-order valence-corrected chi connectivity index (χ1v) is 9.29. The van der Waals surface area contributed by atoms with E-state index in [1.807, 2.05) is 0 Å². The largest absolute Gasteiger partial charge is 0.506 e. The SMILES string of the molecule is COCCN=C1/C(=C(\O)c2ccc(C(F)(F)F)nc2C)C(=O)C(C)(C)C(=O)C1(C)C. The number of nitrogens with zero attached hydrogens (tertiary/aromatic N) is 2. The molecule has 0 saturated heterocycles. The Labute approximate surface area is 172 Å². The van der Waals surface area contributed by atoms with Gasteiger partial charge in [0.1, 0.15) is 11.5 Å². The maximum absolute atomic E-state index is 13.2. The molecule has 1 heterocycles. The predicted molar refractivity (Wildman–Crippen MR) is 105 cm³/mol. The summed E-state index contributed by atoms with van der Waals surface area (Å²) in [5.74, 6) is -1.57. The summed E-state index contributed by atoms with van der Waals surface area (Å²) < 4.78 is 43.8. The zero-order chi connectivity index (χ0) is 23.1. The number of Topliss-reactive ketones (excluding diaryl/α,β-unsaturated/α-hetero) is 2. The van der Waals surface area contributed by atoms with Crippen molar-refractivity contribution in [1.29, 1.82) is 0 Å². The number of halogens is 3. The van der Waals surface area contributed by atoms with E-state index in [4.69, 9.17) is 4.74 Å². The lowest BCUT2D eigenvalue weighted by Crippen LogP contribution is -2.54. The fourth-order valence-corrected chi connectivity index (χ4v) is 3.57. The number of aliphatic hydroxyl groups is 1. The Balaban J connectivity index is 2.77. The second-order valence-corrected chi connectivity index (χ2v) is 8.18. The number of carbonyl (C=O) groups is 2. The molecule has 1 saturated carbocycles. The van der Waals surface area contributed by atoms with Crippen molar-refractivity contribution >= 4 is 23.0 Å². The van der Waals surface area contributed by atoms with E-state index < -0.39 is 34.2 Å². The third-order valence-electron chi connectivity index (χ3n) is 5.19. The Morgan fingerprint density at radius 1 is 1.17 bits per heavy atom. The van der Waals surface area contributed by atoms with E-state index in [0.29, 0.717) is 0 Å². The van der Waals surface area contributed by atoms with Crippen LogP contribution in [0.1, 0.15) is 44.6 Å². The summed E-state index contributed by atoms with van der Waals surface area (Å²) in [6, 6.07) is 1.79. The minimum atomic E-state index is -4.64. The number of pyridine rings is 1. The fourth-order valence-electron chi connectivity index (χ4n) is 3.57. The number of hydrogen-bond donors (Lipinski definition) is 1. The zero-order valence-corrected chi connectivity index (χ0v) is 17.8. The highest BCUT2D eigenvalue weighted by atomic mass is 19.4. The number of aromatic nitrogens is 1. The molecule has 0 aromatic carbocycles. The van der Waals surface area contributed by atoms with Gasteiger partial charge in [0.05, 0.1) is 35.3 Å². The second-order valence-electron chi connectivity index (χ2n) is 8.18. The molecular formula is C21H25F3N2O4. The number of methoxy groups -OCH3 is 1. The molecule has 164 valence electrons. The van der Waals surface area contributed by atoms with Crippen LogP contribution in [0.2, 0.25) is 0 Å². The Bertz CT molecular complexity index is 944. The van der Waals surface area contributed by atoms with Crippen molar-refractivity contribution in [3.05, 3.63) is 34.7 Å². The fraction of sp³-hybridized carbons (Fsp3) is 0.524. The lowest BCUT2D eigenvalue weighted by atomic mass is 9.60. The van der Waals surface area contributed by atoms with E-state index in [1.54, 1.807) is 13.8 Å². The number of ether oxygens (including phenoxy) is 1. The van der Waals surface area contributed by atoms with Gasteiger partial charge in [0.2, 0.25) is 0 Å². The van der Waals surface area contributed by atoms with Crippen LogP contribution in [-0.4, -0.2) is 47.6 Å². The van der Waals surface area contributed by atoms with Gasteiger partial charge in [-0.05, 0) is 46.8 Å². The van der Waals surface area contributed by atoms with Crippen LogP contribution in [0.25, 0.3) is 5.76 Å². The Morgan fingerprint density at radius 3 is 2.27 bits per heavy atom. The number of aryl methyl sites for hydroxylation is 1. The molecule has 1 aromatic heterocycles. The summed E-state index contributed by atoms with van der Waals surface area (Å²) in [6.07, 6.45) is -4.64. The molecule has 1 aliphatic carbocycles. The third kappa shape index (κ3) is 4.03. The van der Waals surface area contributed by atoms with Crippen LogP contribution >= 0.6 is 0 Å². The standard InChI is InChI=1S/C21H25F3N2O4/c1-11-12(7-8-13(26-11)21(22,23)24)15(27)14-16(25-9-10-30-6)19(2,3)18(29)20(4,5)17(14)28/h7-8,27H,9-10H2,1-6H3/b15-14+,25-16?. The highest BCUT2D eigenvalue weighted by Gasteiger charge is 2.55. The first-order valence-electron chi connectivity index (χ1n) is 9.29. The van der Waals surface area contributed by atoms with Crippen molar-refractivity contribution < 1.29 is 32.6 Å². The van der Waals surface area contributed by atoms with Gasteiger partial charge in [0.25, 0.3) is 0 Å². The van der Waals surface area contributed by atoms with Crippen molar-refractivity contribution in [3.8, 4) is 0 Å². The number of rotatable bonds is 4. The van der Waals surface area contributed by atoms with E-state index in [-0.39, 0.29) is 41.5 Å². The van der Waals surface area contributed by atoms with Crippen molar-refractivity contribution in [2.24, 2.45) is 15.8 Å². The number of alkyl halides is 3. The average molecular weight is 426 g/mol. The summed E-state index contributed by atoms with van der Waals surface area (Å²) in [4.78, 5) is 34.0. The molecule has 1 N–H and O–H groups in total. The van der Waals surface area contributed by atoms with Gasteiger partial charge in [-0.3, -0.25) is 14.6 Å². The molecule has 0 radical (unpaired) electrons. The van der Waals surface area contributed by atoms with Gasteiger partial charge < -0.3 is 9.84 Å². The number of hydrogen-bond acceptors (Lipinski definition) is 6. The molecule has 1 aliphatic rings. The molecule has 6 nitrogen and oxygen atoms in total. The van der Waals surface area contributed by atoms with Crippen LogP contribution in [0.3, 0.4) is 0 Å². The molecule has 2 rings (SSSR count). The minimum absolute atomic E-state index is 0.0354. The van der Waals surface area contributed by atoms with Gasteiger partial charge in [-0.15, -0.1) is 0 Å². The highest BCUT2D eigenvalue weighted by molar-refractivity contribution is 6.41. The van der Waals surface area contributed by atoms with Crippen LogP contribution in [0.4, 0.5) is 13.2 Å². The topological polar surface area (TPSA) is 88.8 Å². The summed E-state index contributed by atoms with van der Waals surface area (Å²) >= 11 is 0. The Morgan fingerprint density at radius 2 is 1.77 bits per heavy atom. The normalized spacial score (nSPS) is 21.8. The maximum Gasteiger partial charge on any atom is 0.433 e. The average Bonchev–Trinajstić information content (AvgIpc) is 2.64. The second kappa shape index (κ2) is 7.94. The molecule has 0 unspecified atom stereocenters. The number of ketones is 2. The van der Waals surface area contributed by atoms with Gasteiger partial charge >= 0.3 is 6.18 Å². The van der Waals surface area contributed by atoms with Crippen molar-refractivity contribution in [2.75, 3.05) is 20.3 Å². The molecule has 0 amide bonds. The monoisotopic (exact) mass is 426 g/mol. The third-order valence-corrected chi connectivity index (χ3v) is 5.19. The molecule has 30 heavy (non-hydrogen) atoms. The quantitative estimate of drug-likeness (QED) is 0.341.